The van der Waals surface area contributed by atoms with Crippen molar-refractivity contribution in [3.8, 4) is 5.69 Å². The Morgan fingerprint density at radius 3 is 2.64 bits per heavy atom. The van der Waals surface area contributed by atoms with Crippen molar-refractivity contribution in [2.45, 2.75) is 13.8 Å². The van der Waals surface area contributed by atoms with Gasteiger partial charge in [0, 0.05) is 6.20 Å². The molecule has 1 aromatic heterocycles. The Bertz CT molecular complexity index is 460. The van der Waals surface area contributed by atoms with E-state index < -0.39 is 0 Å². The molecule has 0 radical (unpaired) electrons. The van der Waals surface area contributed by atoms with Gasteiger partial charge in [0.2, 0.25) is 0 Å². The smallest absolute Gasteiger partial charge is 0.151 e. The van der Waals surface area contributed by atoms with Crippen molar-refractivity contribution in [1.82, 2.24) is 9.78 Å². The van der Waals surface area contributed by atoms with Crippen LogP contribution in [0.2, 0.25) is 5.15 Å². The van der Waals surface area contributed by atoms with E-state index in [4.69, 9.17) is 11.6 Å². The SMILES string of the molecule is Cc1cccc(-n2ccc(Cl)n2)c1C. The molecule has 0 saturated heterocycles. The van der Waals surface area contributed by atoms with Gasteiger partial charge < -0.3 is 0 Å². The predicted molar refractivity (Wildman–Crippen MR) is 58.0 cm³/mol. The van der Waals surface area contributed by atoms with E-state index in [9.17, 15) is 0 Å². The van der Waals surface area contributed by atoms with Gasteiger partial charge in [-0.05, 0) is 37.1 Å². The summed E-state index contributed by atoms with van der Waals surface area (Å²) < 4.78 is 1.80. The van der Waals surface area contributed by atoms with Crippen molar-refractivity contribution in [2.24, 2.45) is 0 Å². The molecule has 3 heteroatoms. The number of rotatable bonds is 1. The largest absolute Gasteiger partial charge is 0.239 e. The van der Waals surface area contributed by atoms with Crippen LogP contribution in [-0.4, -0.2) is 9.78 Å². The highest BCUT2D eigenvalue weighted by molar-refractivity contribution is 6.29. The van der Waals surface area contributed by atoms with Gasteiger partial charge in [0.15, 0.2) is 5.15 Å². The molecule has 0 N–H and O–H groups in total. The van der Waals surface area contributed by atoms with Crippen molar-refractivity contribution in [3.05, 3.63) is 46.7 Å². The molecule has 0 aliphatic carbocycles. The van der Waals surface area contributed by atoms with Crippen LogP contribution in [-0.2, 0) is 0 Å². The average Bonchev–Trinajstić information content (AvgIpc) is 2.57. The van der Waals surface area contributed by atoms with Crippen LogP contribution in [0.15, 0.2) is 30.5 Å². The normalized spacial score (nSPS) is 10.5. The molecular weight excluding hydrogens is 196 g/mol. The van der Waals surface area contributed by atoms with Crippen LogP contribution in [0.25, 0.3) is 5.69 Å². The molecule has 0 aliphatic heterocycles. The summed E-state index contributed by atoms with van der Waals surface area (Å²) in [6, 6.07) is 7.92. The van der Waals surface area contributed by atoms with Gasteiger partial charge in [0.05, 0.1) is 5.69 Å². The number of halogens is 1. The lowest BCUT2D eigenvalue weighted by Gasteiger charge is -2.07. The topological polar surface area (TPSA) is 17.8 Å². The molecule has 1 aromatic carbocycles. The maximum atomic E-state index is 5.77. The first-order valence-corrected chi connectivity index (χ1v) is 4.84. The molecule has 0 spiro atoms. The molecule has 0 bridgehead atoms. The van der Waals surface area contributed by atoms with Gasteiger partial charge in [-0.3, -0.25) is 0 Å². The third-order valence-corrected chi connectivity index (χ3v) is 2.58. The van der Waals surface area contributed by atoms with Gasteiger partial charge in [-0.1, -0.05) is 23.7 Å². The Balaban J connectivity index is 2.57. The van der Waals surface area contributed by atoms with Crippen LogP contribution in [0.5, 0.6) is 0 Å². The van der Waals surface area contributed by atoms with Crippen LogP contribution < -0.4 is 0 Å². The van der Waals surface area contributed by atoms with Crippen molar-refractivity contribution in [3.63, 3.8) is 0 Å². The number of hydrogen-bond acceptors (Lipinski definition) is 1. The maximum absolute atomic E-state index is 5.77. The molecule has 0 atom stereocenters. The Morgan fingerprint density at radius 1 is 1.21 bits per heavy atom. The van der Waals surface area contributed by atoms with E-state index in [0.717, 1.165) is 5.69 Å². The fraction of sp³-hybridized carbons (Fsp3) is 0.182. The van der Waals surface area contributed by atoms with E-state index in [0.29, 0.717) is 5.15 Å². The Morgan fingerprint density at radius 2 is 2.00 bits per heavy atom. The van der Waals surface area contributed by atoms with E-state index in [2.05, 4.69) is 25.0 Å². The molecule has 0 saturated carbocycles. The number of benzene rings is 1. The van der Waals surface area contributed by atoms with E-state index in [1.165, 1.54) is 11.1 Å². The minimum Gasteiger partial charge on any atom is -0.239 e. The van der Waals surface area contributed by atoms with Crippen LogP contribution in [0.3, 0.4) is 0 Å². The van der Waals surface area contributed by atoms with Crippen LogP contribution in [0.4, 0.5) is 0 Å². The Labute approximate surface area is 88.1 Å². The number of aryl methyl sites for hydroxylation is 1. The Hall–Kier alpha value is -1.28. The lowest BCUT2D eigenvalue weighted by Crippen LogP contribution is -1.98. The second-order valence-corrected chi connectivity index (χ2v) is 3.69. The number of nitrogens with zero attached hydrogens (tertiary/aromatic N) is 2. The van der Waals surface area contributed by atoms with Crippen molar-refractivity contribution < 1.29 is 0 Å². The van der Waals surface area contributed by atoms with Crippen molar-refractivity contribution >= 4 is 11.6 Å². The van der Waals surface area contributed by atoms with E-state index >= 15 is 0 Å². The fourth-order valence-corrected chi connectivity index (χ4v) is 1.56. The molecular formula is C11H11ClN2. The molecule has 0 aliphatic rings. The summed E-state index contributed by atoms with van der Waals surface area (Å²) >= 11 is 5.77. The first-order chi connectivity index (χ1) is 6.68. The molecule has 0 unspecified atom stereocenters. The standard InChI is InChI=1S/C11H11ClN2/c1-8-4-3-5-10(9(8)2)14-7-6-11(12)13-14/h3-7H,1-2H3. The molecule has 14 heavy (non-hydrogen) atoms. The average molecular weight is 207 g/mol. The Kier molecular flexibility index (Phi) is 2.30. The molecule has 2 rings (SSSR count). The van der Waals surface area contributed by atoms with Gasteiger partial charge in [-0.2, -0.15) is 5.10 Å². The predicted octanol–water partition coefficient (Wildman–Crippen LogP) is 3.14. The molecule has 72 valence electrons. The third kappa shape index (κ3) is 1.53. The first-order valence-electron chi connectivity index (χ1n) is 4.46. The monoisotopic (exact) mass is 206 g/mol. The second-order valence-electron chi connectivity index (χ2n) is 3.30. The highest BCUT2D eigenvalue weighted by Crippen LogP contribution is 2.17. The minimum atomic E-state index is 0.519. The van der Waals surface area contributed by atoms with Gasteiger partial charge in [-0.15, -0.1) is 0 Å². The highest BCUT2D eigenvalue weighted by Gasteiger charge is 2.03. The van der Waals surface area contributed by atoms with Crippen LogP contribution in [0.1, 0.15) is 11.1 Å². The van der Waals surface area contributed by atoms with Crippen molar-refractivity contribution in [2.75, 3.05) is 0 Å². The van der Waals surface area contributed by atoms with Crippen molar-refractivity contribution in [1.29, 1.82) is 0 Å². The highest BCUT2D eigenvalue weighted by atomic mass is 35.5. The van der Waals surface area contributed by atoms with Gasteiger partial charge in [-0.25, -0.2) is 4.68 Å². The van der Waals surface area contributed by atoms with E-state index in [1.54, 1.807) is 10.7 Å². The number of hydrogen-bond donors (Lipinski definition) is 0. The van der Waals surface area contributed by atoms with E-state index in [-0.39, 0.29) is 0 Å². The minimum absolute atomic E-state index is 0.519. The first kappa shape index (κ1) is 9.28. The molecule has 0 fully saturated rings. The summed E-state index contributed by atoms with van der Waals surface area (Å²) in [6.07, 6.45) is 1.87. The molecule has 1 heterocycles. The number of aromatic nitrogens is 2. The van der Waals surface area contributed by atoms with E-state index in [1.807, 2.05) is 18.3 Å². The lowest BCUT2D eigenvalue weighted by atomic mass is 10.1. The zero-order valence-electron chi connectivity index (χ0n) is 8.16. The molecule has 2 aromatic rings. The zero-order chi connectivity index (χ0) is 10.1. The summed E-state index contributed by atoms with van der Waals surface area (Å²) in [5.41, 5.74) is 3.57. The third-order valence-electron chi connectivity index (χ3n) is 2.38. The summed E-state index contributed by atoms with van der Waals surface area (Å²) in [5.74, 6) is 0. The summed E-state index contributed by atoms with van der Waals surface area (Å²) in [6.45, 7) is 4.17. The second kappa shape index (κ2) is 3.46. The quantitative estimate of drug-likeness (QED) is 0.701. The molecule has 0 amide bonds. The molecule has 2 nitrogen and oxygen atoms in total. The lowest BCUT2D eigenvalue weighted by molar-refractivity contribution is 0.871. The van der Waals surface area contributed by atoms with Crippen LogP contribution in [0, 0.1) is 13.8 Å². The summed E-state index contributed by atoms with van der Waals surface area (Å²) in [7, 11) is 0. The maximum Gasteiger partial charge on any atom is 0.151 e. The fourth-order valence-electron chi connectivity index (χ4n) is 1.42. The van der Waals surface area contributed by atoms with Gasteiger partial charge in [0.25, 0.3) is 0 Å². The zero-order valence-corrected chi connectivity index (χ0v) is 8.92. The van der Waals surface area contributed by atoms with Gasteiger partial charge in [0.1, 0.15) is 0 Å². The summed E-state index contributed by atoms with van der Waals surface area (Å²) in [4.78, 5) is 0. The summed E-state index contributed by atoms with van der Waals surface area (Å²) in [5, 5.41) is 4.68. The van der Waals surface area contributed by atoms with Crippen LogP contribution >= 0.6 is 11.6 Å². The van der Waals surface area contributed by atoms with Gasteiger partial charge >= 0.3 is 0 Å².